The number of benzene rings is 3. The highest BCUT2D eigenvalue weighted by atomic mass is 79.9. The number of nitrogens with one attached hydrogen (secondary N) is 1. The summed E-state index contributed by atoms with van der Waals surface area (Å²) in [4.78, 5) is 10.3. The van der Waals surface area contributed by atoms with Crippen LogP contribution in [0.25, 0.3) is 0 Å². The van der Waals surface area contributed by atoms with Crippen LogP contribution in [0.2, 0.25) is 0 Å². The summed E-state index contributed by atoms with van der Waals surface area (Å²) in [6.45, 7) is 1.63. The second-order valence-corrected chi connectivity index (χ2v) is 7.71. The molecule has 3 aromatic rings. The lowest BCUT2D eigenvalue weighted by Crippen LogP contribution is -2.17. The van der Waals surface area contributed by atoms with Crippen molar-refractivity contribution < 1.29 is 18.8 Å². The summed E-state index contributed by atoms with van der Waals surface area (Å²) in [6, 6.07) is 16.5. The van der Waals surface area contributed by atoms with Crippen LogP contribution in [0.1, 0.15) is 16.7 Å². The van der Waals surface area contributed by atoms with E-state index in [1.54, 1.807) is 31.4 Å². The van der Waals surface area contributed by atoms with Gasteiger partial charge in [0, 0.05) is 23.2 Å². The van der Waals surface area contributed by atoms with Crippen molar-refractivity contribution in [2.45, 2.75) is 19.6 Å². The summed E-state index contributed by atoms with van der Waals surface area (Å²) >= 11 is 3.58. The van der Waals surface area contributed by atoms with Gasteiger partial charge in [-0.25, -0.2) is 4.39 Å². The van der Waals surface area contributed by atoms with Gasteiger partial charge in [0.1, 0.15) is 12.4 Å². The third kappa shape index (κ3) is 6.50. The molecule has 162 valence electrons. The molecule has 0 spiro atoms. The maximum atomic E-state index is 13.0. The zero-order valence-electron chi connectivity index (χ0n) is 16.9. The van der Waals surface area contributed by atoms with Crippen molar-refractivity contribution in [2.75, 3.05) is 13.7 Å². The van der Waals surface area contributed by atoms with Gasteiger partial charge in [-0.1, -0.05) is 28.1 Å². The molecule has 0 heterocycles. The molecule has 3 rings (SSSR count). The zero-order valence-corrected chi connectivity index (χ0v) is 18.5. The molecule has 1 N–H and O–H groups in total. The Morgan fingerprint density at radius 1 is 1.03 bits per heavy atom. The smallest absolute Gasteiger partial charge is 0.269 e. The first-order chi connectivity index (χ1) is 15.0. The Kier molecular flexibility index (Phi) is 7.97. The van der Waals surface area contributed by atoms with E-state index in [1.807, 2.05) is 12.1 Å². The van der Waals surface area contributed by atoms with Crippen molar-refractivity contribution >= 4 is 21.6 Å². The molecule has 0 saturated heterocycles. The van der Waals surface area contributed by atoms with E-state index >= 15 is 0 Å². The fraction of sp³-hybridized carbons (Fsp3) is 0.217. The van der Waals surface area contributed by atoms with Gasteiger partial charge in [-0.2, -0.15) is 0 Å². The molecule has 3 aromatic carbocycles. The molecular weight excluding hydrogens is 467 g/mol. The number of nitrogens with zero attached hydrogens (tertiary/aromatic N) is 1. The molecule has 0 atom stereocenters. The maximum Gasteiger partial charge on any atom is 0.269 e. The molecule has 8 heteroatoms. The highest BCUT2D eigenvalue weighted by Crippen LogP contribution is 2.34. The third-order valence-electron chi connectivity index (χ3n) is 4.69. The van der Waals surface area contributed by atoms with Crippen molar-refractivity contribution in [3.05, 3.63) is 97.8 Å². The Morgan fingerprint density at radius 3 is 2.35 bits per heavy atom. The van der Waals surface area contributed by atoms with E-state index in [1.165, 1.54) is 24.3 Å². The average molecular weight is 489 g/mol. The van der Waals surface area contributed by atoms with Gasteiger partial charge in [0.05, 0.1) is 12.0 Å². The fourth-order valence-electron chi connectivity index (χ4n) is 2.97. The number of rotatable bonds is 10. The fourth-order valence-corrected chi connectivity index (χ4v) is 3.43. The highest BCUT2D eigenvalue weighted by Gasteiger charge is 2.11. The van der Waals surface area contributed by atoms with Crippen molar-refractivity contribution in [1.82, 2.24) is 5.32 Å². The second kappa shape index (κ2) is 10.9. The van der Waals surface area contributed by atoms with Crippen LogP contribution in [0.5, 0.6) is 11.5 Å². The van der Waals surface area contributed by atoms with E-state index in [0.29, 0.717) is 18.0 Å². The molecule has 31 heavy (non-hydrogen) atoms. The molecule has 0 radical (unpaired) electrons. The van der Waals surface area contributed by atoms with Gasteiger partial charge >= 0.3 is 0 Å². The minimum atomic E-state index is -0.433. The van der Waals surface area contributed by atoms with Crippen LogP contribution in [0, 0.1) is 15.9 Å². The van der Waals surface area contributed by atoms with Crippen LogP contribution in [-0.4, -0.2) is 18.6 Å². The van der Waals surface area contributed by atoms with Crippen LogP contribution in [-0.2, 0) is 19.6 Å². The van der Waals surface area contributed by atoms with Crippen molar-refractivity contribution in [3.8, 4) is 11.5 Å². The first-order valence-corrected chi connectivity index (χ1v) is 10.4. The lowest BCUT2D eigenvalue weighted by molar-refractivity contribution is -0.384. The van der Waals surface area contributed by atoms with Gasteiger partial charge < -0.3 is 14.8 Å². The van der Waals surface area contributed by atoms with Crippen LogP contribution in [0.15, 0.2) is 65.1 Å². The summed E-state index contributed by atoms with van der Waals surface area (Å²) in [5.41, 5.74) is 2.94. The molecule has 0 amide bonds. The lowest BCUT2D eigenvalue weighted by atomic mass is 10.1. The topological polar surface area (TPSA) is 73.6 Å². The predicted octanol–water partition coefficient (Wildman–Crippen LogP) is 5.42. The van der Waals surface area contributed by atoms with E-state index in [4.69, 9.17) is 9.47 Å². The van der Waals surface area contributed by atoms with E-state index in [0.717, 1.165) is 34.1 Å². The maximum absolute atomic E-state index is 13.0. The number of hydrogen-bond donors (Lipinski definition) is 1. The van der Waals surface area contributed by atoms with Crippen LogP contribution < -0.4 is 14.8 Å². The third-order valence-corrected chi connectivity index (χ3v) is 5.43. The Balaban J connectivity index is 1.57. The Labute approximate surface area is 188 Å². The molecule has 0 saturated carbocycles. The molecule has 0 aromatic heterocycles. The Bertz CT molecular complexity index is 1030. The molecule has 0 fully saturated rings. The normalized spacial score (nSPS) is 10.7. The van der Waals surface area contributed by atoms with Crippen LogP contribution in [0.4, 0.5) is 10.1 Å². The molecule has 0 unspecified atom stereocenters. The van der Waals surface area contributed by atoms with Gasteiger partial charge in [-0.3, -0.25) is 10.1 Å². The standard InChI is InChI=1S/C23H22BrFN2O4/c1-30-22-12-18(14-26-11-10-16-2-6-19(25)7-3-16)21(24)13-23(22)31-15-17-4-8-20(9-5-17)27(28)29/h2-9,12-13,26H,10-11,14-15H2,1H3. The number of nitro benzene ring substituents is 1. The second-order valence-electron chi connectivity index (χ2n) is 6.86. The summed E-state index contributed by atoms with van der Waals surface area (Å²) < 4.78 is 25.2. The van der Waals surface area contributed by atoms with Crippen molar-refractivity contribution in [1.29, 1.82) is 0 Å². The monoisotopic (exact) mass is 488 g/mol. The summed E-state index contributed by atoms with van der Waals surface area (Å²) in [7, 11) is 1.58. The molecular formula is C23H22BrFN2O4. The van der Waals surface area contributed by atoms with Crippen molar-refractivity contribution in [3.63, 3.8) is 0 Å². The van der Waals surface area contributed by atoms with Crippen molar-refractivity contribution in [2.24, 2.45) is 0 Å². The molecule has 6 nitrogen and oxygen atoms in total. The largest absolute Gasteiger partial charge is 0.493 e. The van der Waals surface area contributed by atoms with E-state index in [9.17, 15) is 14.5 Å². The number of nitro groups is 1. The summed E-state index contributed by atoms with van der Waals surface area (Å²) in [5, 5.41) is 14.1. The van der Waals surface area contributed by atoms with Gasteiger partial charge in [-0.05, 0) is 66.1 Å². The first-order valence-electron chi connectivity index (χ1n) is 9.64. The van der Waals surface area contributed by atoms with E-state index < -0.39 is 4.92 Å². The summed E-state index contributed by atoms with van der Waals surface area (Å²) in [5.74, 6) is 0.937. The van der Waals surface area contributed by atoms with Gasteiger partial charge in [0.25, 0.3) is 5.69 Å². The summed E-state index contributed by atoms with van der Waals surface area (Å²) in [6.07, 6.45) is 0.797. The SMILES string of the molecule is COc1cc(CNCCc2ccc(F)cc2)c(Br)cc1OCc1ccc([N+](=O)[O-])cc1. The molecule has 0 aliphatic carbocycles. The zero-order chi connectivity index (χ0) is 22.2. The Hall–Kier alpha value is -2.97. The average Bonchev–Trinajstić information content (AvgIpc) is 2.77. The first kappa shape index (κ1) is 22.7. The minimum absolute atomic E-state index is 0.0420. The molecule has 0 bridgehead atoms. The quantitative estimate of drug-likeness (QED) is 0.234. The number of halogens is 2. The van der Waals surface area contributed by atoms with Gasteiger partial charge in [0.15, 0.2) is 11.5 Å². The number of hydrogen-bond acceptors (Lipinski definition) is 5. The van der Waals surface area contributed by atoms with E-state index in [-0.39, 0.29) is 18.1 Å². The Morgan fingerprint density at radius 2 is 1.71 bits per heavy atom. The number of ether oxygens (including phenoxy) is 2. The van der Waals surface area contributed by atoms with E-state index in [2.05, 4.69) is 21.2 Å². The van der Waals surface area contributed by atoms with Gasteiger partial charge in [0.2, 0.25) is 0 Å². The predicted molar refractivity (Wildman–Crippen MR) is 120 cm³/mol. The highest BCUT2D eigenvalue weighted by molar-refractivity contribution is 9.10. The minimum Gasteiger partial charge on any atom is -0.493 e. The van der Waals surface area contributed by atoms with Crippen LogP contribution >= 0.6 is 15.9 Å². The number of methoxy groups -OCH3 is 1. The number of non-ortho nitro benzene ring substituents is 1. The van der Waals surface area contributed by atoms with Crippen LogP contribution in [0.3, 0.4) is 0 Å². The van der Waals surface area contributed by atoms with Gasteiger partial charge in [-0.15, -0.1) is 0 Å². The molecule has 0 aliphatic heterocycles. The molecule has 0 aliphatic rings. The lowest BCUT2D eigenvalue weighted by Gasteiger charge is -2.14.